The van der Waals surface area contributed by atoms with Gasteiger partial charge in [0.05, 0.1) is 0 Å². The molecule has 0 unspecified atom stereocenters. The van der Waals surface area contributed by atoms with Crippen LogP contribution in [0.5, 0.6) is 0 Å². The van der Waals surface area contributed by atoms with Crippen molar-refractivity contribution in [2.24, 2.45) is 0 Å². The van der Waals surface area contributed by atoms with Gasteiger partial charge in [-0.05, 0) is 113 Å². The number of hydrogen-bond donors (Lipinski definition) is 0. The van der Waals surface area contributed by atoms with Crippen molar-refractivity contribution in [1.29, 1.82) is 0 Å². The lowest BCUT2D eigenvalue weighted by Gasteiger charge is -2.18. The molecule has 0 spiro atoms. The van der Waals surface area contributed by atoms with Crippen LogP contribution in [0.25, 0.3) is 119 Å². The van der Waals surface area contributed by atoms with Crippen molar-refractivity contribution in [2.45, 2.75) is 0 Å². The van der Waals surface area contributed by atoms with E-state index in [4.69, 9.17) is 4.42 Å². The molecule has 0 N–H and O–H groups in total. The lowest BCUT2D eigenvalue weighted by Crippen LogP contribution is -1.91. The summed E-state index contributed by atoms with van der Waals surface area (Å²) in [5, 5.41) is 14.9. The molecule has 12 aromatic rings. The molecule has 2 heteroatoms. The van der Waals surface area contributed by atoms with Crippen LogP contribution >= 0.6 is 11.3 Å². The average molecular weight is 703 g/mol. The number of fused-ring (bicyclic) bond motifs is 10. The number of furan rings is 1. The maximum atomic E-state index is 6.77. The van der Waals surface area contributed by atoms with Crippen LogP contribution in [0.15, 0.2) is 186 Å². The molecule has 0 aliphatic heterocycles. The standard InChI is InChI=1S/C52H30OS/c1-2-13-33-30-49-46(27-32(33)12-1)45-22-10-20-37(52(45)54-49)34-23-25-38-39-26-24-35(29-48(39)53-47(38)28-34)50-41-16-5-7-18-43(41)51(44-19-8-6-17-42(44)50)40-21-9-14-31-11-3-4-15-36(31)40/h1-30H. The van der Waals surface area contributed by atoms with Crippen LogP contribution < -0.4 is 0 Å². The number of thiophene rings is 1. The van der Waals surface area contributed by atoms with E-state index in [9.17, 15) is 0 Å². The van der Waals surface area contributed by atoms with Gasteiger partial charge in [-0.1, -0.05) is 146 Å². The summed E-state index contributed by atoms with van der Waals surface area (Å²) in [7, 11) is 0. The third kappa shape index (κ3) is 4.32. The molecule has 10 aromatic carbocycles. The zero-order valence-electron chi connectivity index (χ0n) is 29.1. The largest absolute Gasteiger partial charge is 0.456 e. The first-order chi connectivity index (χ1) is 26.8. The molecule has 0 aliphatic rings. The second-order valence-electron chi connectivity index (χ2n) is 14.4. The molecule has 0 aliphatic carbocycles. The Morgan fingerprint density at radius 2 is 0.833 bits per heavy atom. The predicted molar refractivity (Wildman–Crippen MR) is 233 cm³/mol. The number of rotatable bonds is 3. The first-order valence-corrected chi connectivity index (χ1v) is 19.3. The highest BCUT2D eigenvalue weighted by molar-refractivity contribution is 7.26. The molecule has 0 amide bonds. The minimum absolute atomic E-state index is 0.901. The molecule has 0 fully saturated rings. The summed E-state index contributed by atoms with van der Waals surface area (Å²) in [4.78, 5) is 0. The van der Waals surface area contributed by atoms with Crippen LogP contribution in [0.4, 0.5) is 0 Å². The van der Waals surface area contributed by atoms with E-state index in [1.807, 2.05) is 11.3 Å². The normalized spacial score (nSPS) is 12.1. The zero-order valence-corrected chi connectivity index (χ0v) is 30.0. The summed E-state index contributed by atoms with van der Waals surface area (Å²) in [5.74, 6) is 0. The van der Waals surface area contributed by atoms with Crippen LogP contribution in [0.1, 0.15) is 0 Å². The van der Waals surface area contributed by atoms with Crippen molar-refractivity contribution in [3.63, 3.8) is 0 Å². The molecule has 2 aromatic heterocycles. The Kier molecular flexibility index (Phi) is 6.28. The van der Waals surface area contributed by atoms with Gasteiger partial charge in [0, 0.05) is 30.9 Å². The molecule has 0 radical (unpaired) electrons. The Hall–Kier alpha value is -6.74. The summed E-state index contributed by atoms with van der Waals surface area (Å²) in [6.45, 7) is 0. The molecule has 250 valence electrons. The Bertz CT molecular complexity index is 3450. The summed E-state index contributed by atoms with van der Waals surface area (Å²) < 4.78 is 9.40. The molecular weight excluding hydrogens is 673 g/mol. The molecule has 0 atom stereocenters. The van der Waals surface area contributed by atoms with Gasteiger partial charge in [-0.3, -0.25) is 0 Å². The quantitative estimate of drug-likeness (QED) is 0.167. The first-order valence-electron chi connectivity index (χ1n) is 18.5. The fourth-order valence-electron chi connectivity index (χ4n) is 8.98. The molecular formula is C52H30OS. The monoisotopic (exact) mass is 702 g/mol. The Morgan fingerprint density at radius 1 is 0.315 bits per heavy atom. The SMILES string of the molecule is c1ccc2cc3c(cc2c1)sc1c(-c2ccc4c(c2)oc2cc(-c5c6ccccc6c(-c6cccc7ccccc67)c6ccccc56)ccc24)cccc13. The Balaban J connectivity index is 1.04. The Morgan fingerprint density at radius 3 is 1.56 bits per heavy atom. The topological polar surface area (TPSA) is 13.1 Å². The van der Waals surface area contributed by atoms with E-state index in [0.717, 1.165) is 27.5 Å². The van der Waals surface area contributed by atoms with Crippen molar-refractivity contribution >= 4 is 96.5 Å². The fourth-order valence-corrected chi connectivity index (χ4v) is 10.3. The Labute approximate surface area is 314 Å². The minimum Gasteiger partial charge on any atom is -0.456 e. The van der Waals surface area contributed by atoms with Crippen LogP contribution in [-0.2, 0) is 0 Å². The van der Waals surface area contributed by atoms with Crippen LogP contribution in [0.2, 0.25) is 0 Å². The molecule has 0 saturated carbocycles. The molecule has 0 bridgehead atoms. The van der Waals surface area contributed by atoms with Gasteiger partial charge in [0.15, 0.2) is 0 Å². The lowest BCUT2D eigenvalue weighted by atomic mass is 9.84. The van der Waals surface area contributed by atoms with E-state index >= 15 is 0 Å². The first kappa shape index (κ1) is 29.8. The fraction of sp³-hybridized carbons (Fsp3) is 0. The second-order valence-corrected chi connectivity index (χ2v) is 15.4. The maximum absolute atomic E-state index is 6.77. The van der Waals surface area contributed by atoms with Gasteiger partial charge in [-0.15, -0.1) is 11.3 Å². The van der Waals surface area contributed by atoms with E-state index in [-0.39, 0.29) is 0 Å². The lowest BCUT2D eigenvalue weighted by molar-refractivity contribution is 0.669. The van der Waals surface area contributed by atoms with Crippen molar-refractivity contribution in [3.8, 4) is 33.4 Å². The van der Waals surface area contributed by atoms with Crippen molar-refractivity contribution in [2.75, 3.05) is 0 Å². The molecule has 12 rings (SSSR count). The summed E-state index contributed by atoms with van der Waals surface area (Å²) in [5.41, 5.74) is 9.14. The summed E-state index contributed by atoms with van der Waals surface area (Å²) >= 11 is 1.88. The van der Waals surface area contributed by atoms with E-state index in [1.165, 1.54) is 91.1 Å². The van der Waals surface area contributed by atoms with Gasteiger partial charge in [-0.25, -0.2) is 0 Å². The molecule has 0 saturated heterocycles. The smallest absolute Gasteiger partial charge is 0.136 e. The van der Waals surface area contributed by atoms with E-state index in [2.05, 4.69) is 182 Å². The highest BCUT2D eigenvalue weighted by Crippen LogP contribution is 2.47. The third-order valence-electron chi connectivity index (χ3n) is 11.4. The second kappa shape index (κ2) is 11.4. The average Bonchev–Trinajstić information content (AvgIpc) is 3.78. The number of benzene rings is 10. The summed E-state index contributed by atoms with van der Waals surface area (Å²) in [6.07, 6.45) is 0. The van der Waals surface area contributed by atoms with E-state index < -0.39 is 0 Å². The van der Waals surface area contributed by atoms with Crippen LogP contribution in [0.3, 0.4) is 0 Å². The van der Waals surface area contributed by atoms with Crippen molar-refractivity contribution in [3.05, 3.63) is 182 Å². The highest BCUT2D eigenvalue weighted by atomic mass is 32.1. The third-order valence-corrected chi connectivity index (χ3v) is 12.6. The number of hydrogen-bond acceptors (Lipinski definition) is 2. The minimum atomic E-state index is 0.901. The van der Waals surface area contributed by atoms with Gasteiger partial charge in [0.2, 0.25) is 0 Å². The van der Waals surface area contributed by atoms with Gasteiger partial charge in [0.1, 0.15) is 11.2 Å². The van der Waals surface area contributed by atoms with Crippen molar-refractivity contribution < 1.29 is 4.42 Å². The maximum Gasteiger partial charge on any atom is 0.136 e. The van der Waals surface area contributed by atoms with Crippen LogP contribution in [-0.4, -0.2) is 0 Å². The van der Waals surface area contributed by atoms with Gasteiger partial charge in [-0.2, -0.15) is 0 Å². The van der Waals surface area contributed by atoms with Gasteiger partial charge in [0.25, 0.3) is 0 Å². The van der Waals surface area contributed by atoms with E-state index in [1.54, 1.807) is 0 Å². The van der Waals surface area contributed by atoms with Crippen LogP contribution in [0, 0.1) is 0 Å². The van der Waals surface area contributed by atoms with E-state index in [0.29, 0.717) is 0 Å². The zero-order chi connectivity index (χ0) is 35.3. The van der Waals surface area contributed by atoms with Gasteiger partial charge >= 0.3 is 0 Å². The predicted octanol–water partition coefficient (Wildman–Crippen LogP) is 15.6. The molecule has 54 heavy (non-hydrogen) atoms. The molecule has 2 heterocycles. The van der Waals surface area contributed by atoms with Crippen molar-refractivity contribution in [1.82, 2.24) is 0 Å². The summed E-state index contributed by atoms with van der Waals surface area (Å²) in [6, 6.07) is 66.6. The van der Waals surface area contributed by atoms with Gasteiger partial charge < -0.3 is 4.42 Å². The molecule has 1 nitrogen and oxygen atoms in total. The highest BCUT2D eigenvalue weighted by Gasteiger charge is 2.19.